The van der Waals surface area contributed by atoms with Gasteiger partial charge in [0.15, 0.2) is 0 Å². The Balaban J connectivity index is 2.50. The molecular formula is C7H13N3. The Morgan fingerprint density at radius 3 is 3.00 bits per heavy atom. The van der Waals surface area contributed by atoms with Crippen LogP contribution in [-0.4, -0.2) is 23.8 Å². The van der Waals surface area contributed by atoms with Crippen LogP contribution in [0.2, 0.25) is 0 Å². The zero-order chi connectivity index (χ0) is 7.40. The van der Waals surface area contributed by atoms with Crippen molar-refractivity contribution in [2.75, 3.05) is 18.5 Å². The molecule has 0 amide bonds. The summed E-state index contributed by atoms with van der Waals surface area (Å²) in [6.07, 6.45) is 4.90. The summed E-state index contributed by atoms with van der Waals surface area (Å²) in [6.45, 7) is 3.25. The van der Waals surface area contributed by atoms with Crippen LogP contribution < -0.4 is 4.90 Å². The minimum atomic E-state index is 1.08. The average molecular weight is 139 g/mol. The maximum absolute atomic E-state index is 3.86. The lowest BCUT2D eigenvalue weighted by Gasteiger charge is -2.14. The summed E-state index contributed by atoms with van der Waals surface area (Å²) in [7, 11) is 2.06. The van der Waals surface area contributed by atoms with Gasteiger partial charge in [-0.05, 0) is 6.42 Å². The van der Waals surface area contributed by atoms with Gasteiger partial charge in [-0.25, -0.2) is 0 Å². The second kappa shape index (κ2) is 3.25. The van der Waals surface area contributed by atoms with Crippen LogP contribution in [0.4, 0.5) is 5.69 Å². The monoisotopic (exact) mass is 139 g/mol. The molecule has 0 atom stereocenters. The van der Waals surface area contributed by atoms with E-state index in [2.05, 4.69) is 29.1 Å². The topological polar surface area (TPSA) is 31.9 Å². The summed E-state index contributed by atoms with van der Waals surface area (Å²) in [5.74, 6) is 0. The molecule has 3 heteroatoms. The summed E-state index contributed by atoms with van der Waals surface area (Å²) < 4.78 is 0. The Kier molecular flexibility index (Phi) is 2.31. The van der Waals surface area contributed by atoms with Gasteiger partial charge in [-0.2, -0.15) is 5.10 Å². The minimum Gasteiger partial charge on any atom is -0.372 e. The number of hydrogen-bond acceptors (Lipinski definition) is 2. The van der Waals surface area contributed by atoms with Crippen LogP contribution >= 0.6 is 0 Å². The van der Waals surface area contributed by atoms with Crippen molar-refractivity contribution in [3.63, 3.8) is 0 Å². The first kappa shape index (κ1) is 7.12. The standard InChI is InChI=1S/C7H13N3/c1-3-4-10(2)7-5-8-9-6-7/h5-6H,3-4H2,1-2H3,(H,8,9). The molecule has 3 nitrogen and oxygen atoms in total. The van der Waals surface area contributed by atoms with E-state index >= 15 is 0 Å². The van der Waals surface area contributed by atoms with Gasteiger partial charge >= 0.3 is 0 Å². The Hall–Kier alpha value is -0.990. The van der Waals surface area contributed by atoms with Gasteiger partial charge in [-0.3, -0.25) is 5.10 Å². The molecular weight excluding hydrogens is 126 g/mol. The fourth-order valence-corrected chi connectivity index (χ4v) is 0.917. The molecule has 0 saturated heterocycles. The predicted octanol–water partition coefficient (Wildman–Crippen LogP) is 1.26. The summed E-state index contributed by atoms with van der Waals surface area (Å²) in [6, 6.07) is 0. The van der Waals surface area contributed by atoms with Crippen molar-refractivity contribution < 1.29 is 0 Å². The van der Waals surface area contributed by atoms with Crippen molar-refractivity contribution in [3.05, 3.63) is 12.4 Å². The molecule has 0 spiro atoms. The van der Waals surface area contributed by atoms with E-state index in [0.29, 0.717) is 0 Å². The molecule has 0 radical (unpaired) electrons. The van der Waals surface area contributed by atoms with Crippen LogP contribution in [-0.2, 0) is 0 Å². The largest absolute Gasteiger partial charge is 0.372 e. The predicted molar refractivity (Wildman–Crippen MR) is 42.1 cm³/mol. The summed E-state index contributed by atoms with van der Waals surface area (Å²) in [5, 5.41) is 6.64. The Morgan fingerprint density at radius 2 is 2.50 bits per heavy atom. The lowest BCUT2D eigenvalue weighted by atomic mass is 10.4. The van der Waals surface area contributed by atoms with E-state index in [9.17, 15) is 0 Å². The second-order valence-electron chi connectivity index (χ2n) is 2.38. The average Bonchev–Trinajstić information content (AvgIpc) is 2.38. The lowest BCUT2D eigenvalue weighted by Crippen LogP contribution is -2.16. The SMILES string of the molecule is CCCN(C)c1cn[nH]c1. The van der Waals surface area contributed by atoms with Crippen molar-refractivity contribution in [3.8, 4) is 0 Å². The third-order valence-electron chi connectivity index (χ3n) is 1.48. The van der Waals surface area contributed by atoms with Crippen LogP contribution in [0, 0.1) is 0 Å². The van der Waals surface area contributed by atoms with E-state index in [0.717, 1.165) is 12.2 Å². The Morgan fingerprint density at radius 1 is 1.70 bits per heavy atom. The first-order valence-corrected chi connectivity index (χ1v) is 3.54. The van der Waals surface area contributed by atoms with Crippen LogP contribution in [0.25, 0.3) is 0 Å². The Labute approximate surface area is 61.0 Å². The highest BCUT2D eigenvalue weighted by atomic mass is 15.2. The molecule has 1 N–H and O–H groups in total. The molecule has 56 valence electrons. The van der Waals surface area contributed by atoms with E-state index < -0.39 is 0 Å². The molecule has 1 rings (SSSR count). The van der Waals surface area contributed by atoms with Crippen molar-refractivity contribution >= 4 is 5.69 Å². The van der Waals surface area contributed by atoms with Crippen LogP contribution in [0.15, 0.2) is 12.4 Å². The van der Waals surface area contributed by atoms with Crippen LogP contribution in [0.1, 0.15) is 13.3 Å². The normalized spacial score (nSPS) is 9.80. The molecule has 0 fully saturated rings. The molecule has 0 unspecified atom stereocenters. The number of anilines is 1. The molecule has 1 heterocycles. The number of aromatic nitrogens is 2. The summed E-state index contributed by atoms with van der Waals surface area (Å²) >= 11 is 0. The third-order valence-corrected chi connectivity index (χ3v) is 1.48. The highest BCUT2D eigenvalue weighted by molar-refractivity contribution is 5.40. The first-order valence-electron chi connectivity index (χ1n) is 3.54. The summed E-state index contributed by atoms with van der Waals surface area (Å²) in [5.41, 5.74) is 1.15. The molecule has 0 saturated carbocycles. The van der Waals surface area contributed by atoms with Crippen molar-refractivity contribution in [2.24, 2.45) is 0 Å². The number of nitrogens with zero attached hydrogens (tertiary/aromatic N) is 2. The molecule has 0 aliphatic carbocycles. The van der Waals surface area contributed by atoms with Crippen molar-refractivity contribution in [1.82, 2.24) is 10.2 Å². The van der Waals surface area contributed by atoms with E-state index in [1.807, 2.05) is 12.4 Å². The zero-order valence-electron chi connectivity index (χ0n) is 6.46. The molecule has 1 aromatic heterocycles. The van der Waals surface area contributed by atoms with E-state index in [1.165, 1.54) is 6.42 Å². The Bertz CT molecular complexity index is 169. The third kappa shape index (κ3) is 1.50. The first-order chi connectivity index (χ1) is 4.84. The van der Waals surface area contributed by atoms with E-state index in [4.69, 9.17) is 0 Å². The highest BCUT2D eigenvalue weighted by Crippen LogP contribution is 2.07. The fourth-order valence-electron chi connectivity index (χ4n) is 0.917. The zero-order valence-corrected chi connectivity index (χ0v) is 6.46. The van der Waals surface area contributed by atoms with Gasteiger partial charge in [0.25, 0.3) is 0 Å². The van der Waals surface area contributed by atoms with Crippen molar-refractivity contribution in [1.29, 1.82) is 0 Å². The minimum absolute atomic E-state index is 1.08. The van der Waals surface area contributed by atoms with E-state index in [-0.39, 0.29) is 0 Å². The number of rotatable bonds is 3. The number of H-pyrrole nitrogens is 1. The summed E-state index contributed by atoms with van der Waals surface area (Å²) in [4.78, 5) is 2.17. The maximum Gasteiger partial charge on any atom is 0.0747 e. The van der Waals surface area contributed by atoms with Crippen molar-refractivity contribution in [2.45, 2.75) is 13.3 Å². The van der Waals surface area contributed by atoms with Gasteiger partial charge in [-0.1, -0.05) is 6.92 Å². The maximum atomic E-state index is 3.86. The molecule has 0 aromatic carbocycles. The van der Waals surface area contributed by atoms with Gasteiger partial charge in [0.2, 0.25) is 0 Å². The quantitative estimate of drug-likeness (QED) is 0.683. The number of nitrogens with one attached hydrogen (secondary N) is 1. The van der Waals surface area contributed by atoms with Gasteiger partial charge in [-0.15, -0.1) is 0 Å². The number of aromatic amines is 1. The van der Waals surface area contributed by atoms with E-state index in [1.54, 1.807) is 0 Å². The number of hydrogen-bond donors (Lipinski definition) is 1. The van der Waals surface area contributed by atoms with Gasteiger partial charge in [0, 0.05) is 19.8 Å². The second-order valence-corrected chi connectivity index (χ2v) is 2.38. The molecule has 0 aliphatic heterocycles. The lowest BCUT2D eigenvalue weighted by molar-refractivity contribution is 0.853. The molecule has 0 aliphatic rings. The van der Waals surface area contributed by atoms with Crippen LogP contribution in [0.5, 0.6) is 0 Å². The molecule has 0 bridgehead atoms. The van der Waals surface area contributed by atoms with Gasteiger partial charge in [0.05, 0.1) is 11.9 Å². The highest BCUT2D eigenvalue weighted by Gasteiger charge is 1.97. The van der Waals surface area contributed by atoms with Gasteiger partial charge < -0.3 is 4.90 Å². The fraction of sp³-hybridized carbons (Fsp3) is 0.571. The van der Waals surface area contributed by atoms with Crippen LogP contribution in [0.3, 0.4) is 0 Å². The molecule has 10 heavy (non-hydrogen) atoms. The smallest absolute Gasteiger partial charge is 0.0747 e. The molecule has 1 aromatic rings. The van der Waals surface area contributed by atoms with Gasteiger partial charge in [0.1, 0.15) is 0 Å².